The second-order valence-electron chi connectivity index (χ2n) is 8.12. The van der Waals surface area contributed by atoms with Crippen LogP contribution in [0.4, 0.5) is 0 Å². The number of rotatable bonds is 8. The van der Waals surface area contributed by atoms with Gasteiger partial charge in [-0.25, -0.2) is 4.98 Å². The molecular formula is C23H22ClN3O2S2. The fourth-order valence-electron chi connectivity index (χ4n) is 3.45. The molecular weight excluding hydrogens is 450 g/mol. The van der Waals surface area contributed by atoms with E-state index in [4.69, 9.17) is 11.6 Å². The molecule has 5 nitrogen and oxygen atoms in total. The minimum atomic E-state index is -0.0180. The summed E-state index contributed by atoms with van der Waals surface area (Å²) in [7, 11) is 0. The van der Waals surface area contributed by atoms with Gasteiger partial charge in [0, 0.05) is 29.6 Å². The Hall–Kier alpha value is -2.22. The molecule has 2 aromatic heterocycles. The van der Waals surface area contributed by atoms with Crippen LogP contribution in [0.25, 0.3) is 9.88 Å². The first-order valence-corrected chi connectivity index (χ1v) is 12.5. The molecule has 2 amide bonds. The lowest BCUT2D eigenvalue weighted by molar-refractivity contribution is -0.131. The number of carbonyl (C=O) groups is 2. The molecule has 0 aliphatic heterocycles. The van der Waals surface area contributed by atoms with E-state index in [1.54, 1.807) is 11.3 Å². The number of aromatic nitrogens is 1. The summed E-state index contributed by atoms with van der Waals surface area (Å²) in [6.45, 7) is 0.561. The maximum Gasteiger partial charge on any atom is 0.251 e. The highest BCUT2D eigenvalue weighted by atomic mass is 35.5. The number of amides is 2. The van der Waals surface area contributed by atoms with Crippen molar-refractivity contribution in [2.75, 3.05) is 0 Å². The third-order valence-corrected chi connectivity index (χ3v) is 7.75. The maximum absolute atomic E-state index is 13.1. The lowest BCUT2D eigenvalue weighted by Crippen LogP contribution is -2.34. The Morgan fingerprint density at radius 1 is 1.10 bits per heavy atom. The largest absolute Gasteiger partial charge is 0.349 e. The molecule has 31 heavy (non-hydrogen) atoms. The third-order valence-electron chi connectivity index (χ3n) is 5.46. The normalized spacial score (nSPS) is 15.6. The van der Waals surface area contributed by atoms with Gasteiger partial charge in [-0.3, -0.25) is 9.59 Å². The minimum absolute atomic E-state index is 0.0180. The number of thiazole rings is 1. The van der Waals surface area contributed by atoms with E-state index < -0.39 is 0 Å². The standard InChI is InChI=1S/C23H22ClN3O2S2/c24-20-10-9-19(31-20)23-26-17(13-30-23)11-21(28)27(18-7-8-18)12-14-1-3-15(4-2-14)22(29)25-16-5-6-16/h1-4,9-10,13,16,18H,5-8,11-12H2,(H,25,29). The van der Waals surface area contributed by atoms with Crippen molar-refractivity contribution in [3.8, 4) is 9.88 Å². The van der Waals surface area contributed by atoms with Crippen molar-refractivity contribution in [2.24, 2.45) is 0 Å². The summed E-state index contributed by atoms with van der Waals surface area (Å²) >= 11 is 9.06. The van der Waals surface area contributed by atoms with Crippen molar-refractivity contribution in [1.82, 2.24) is 15.2 Å². The number of thiophene rings is 1. The Morgan fingerprint density at radius 2 is 1.87 bits per heavy atom. The maximum atomic E-state index is 13.1. The van der Waals surface area contributed by atoms with E-state index >= 15 is 0 Å². The van der Waals surface area contributed by atoms with E-state index in [1.165, 1.54) is 11.3 Å². The Bertz CT molecular complexity index is 1100. The Balaban J connectivity index is 1.23. The van der Waals surface area contributed by atoms with Crippen molar-refractivity contribution in [3.05, 3.63) is 62.9 Å². The Kier molecular flexibility index (Phi) is 5.82. The summed E-state index contributed by atoms with van der Waals surface area (Å²) in [6.07, 6.45) is 4.54. The molecule has 3 aromatic rings. The summed E-state index contributed by atoms with van der Waals surface area (Å²) in [5.74, 6) is 0.0784. The molecule has 2 fully saturated rings. The van der Waals surface area contributed by atoms with Crippen LogP contribution in [0.3, 0.4) is 0 Å². The van der Waals surface area contributed by atoms with E-state index in [2.05, 4.69) is 10.3 Å². The van der Waals surface area contributed by atoms with Gasteiger partial charge in [0.25, 0.3) is 5.91 Å². The van der Waals surface area contributed by atoms with Crippen molar-refractivity contribution >= 4 is 46.1 Å². The highest BCUT2D eigenvalue weighted by molar-refractivity contribution is 7.23. The van der Waals surface area contributed by atoms with Gasteiger partial charge < -0.3 is 10.2 Å². The topological polar surface area (TPSA) is 62.3 Å². The van der Waals surface area contributed by atoms with E-state index in [9.17, 15) is 9.59 Å². The molecule has 5 rings (SSSR count). The molecule has 0 spiro atoms. The van der Waals surface area contributed by atoms with Crippen LogP contribution in [0.1, 0.15) is 47.3 Å². The summed E-state index contributed by atoms with van der Waals surface area (Å²) in [5, 5.41) is 5.86. The molecule has 1 aromatic carbocycles. The number of benzene rings is 1. The van der Waals surface area contributed by atoms with E-state index in [0.717, 1.165) is 51.2 Å². The Labute approximate surface area is 194 Å². The lowest BCUT2D eigenvalue weighted by atomic mass is 10.1. The second kappa shape index (κ2) is 8.73. The van der Waals surface area contributed by atoms with Crippen LogP contribution in [0.15, 0.2) is 41.8 Å². The minimum Gasteiger partial charge on any atom is -0.349 e. The number of halogens is 1. The molecule has 0 saturated heterocycles. The van der Waals surface area contributed by atoms with Crippen molar-refractivity contribution < 1.29 is 9.59 Å². The second-order valence-corrected chi connectivity index (χ2v) is 10.7. The van der Waals surface area contributed by atoms with Gasteiger partial charge in [0.15, 0.2) is 0 Å². The summed E-state index contributed by atoms with van der Waals surface area (Å²) in [5.41, 5.74) is 2.51. The monoisotopic (exact) mass is 471 g/mol. The van der Waals surface area contributed by atoms with Crippen molar-refractivity contribution in [2.45, 2.75) is 50.7 Å². The number of nitrogens with one attached hydrogen (secondary N) is 1. The van der Waals surface area contributed by atoms with Gasteiger partial charge in [0.2, 0.25) is 5.91 Å². The molecule has 160 valence electrons. The smallest absolute Gasteiger partial charge is 0.251 e. The third kappa shape index (κ3) is 5.17. The van der Waals surface area contributed by atoms with Gasteiger partial charge in [0.1, 0.15) is 5.01 Å². The van der Waals surface area contributed by atoms with Crippen molar-refractivity contribution in [1.29, 1.82) is 0 Å². The highest BCUT2D eigenvalue weighted by Crippen LogP contribution is 2.34. The molecule has 0 bridgehead atoms. The molecule has 0 atom stereocenters. The first-order chi connectivity index (χ1) is 15.0. The Morgan fingerprint density at radius 3 is 2.52 bits per heavy atom. The van der Waals surface area contributed by atoms with Crippen LogP contribution in [-0.4, -0.2) is 33.8 Å². The molecule has 0 unspecified atom stereocenters. The van der Waals surface area contributed by atoms with Crippen LogP contribution in [0.2, 0.25) is 4.34 Å². The van der Waals surface area contributed by atoms with Gasteiger partial charge >= 0.3 is 0 Å². The average molecular weight is 472 g/mol. The average Bonchev–Trinajstić information content (AvgIpc) is 3.68. The summed E-state index contributed by atoms with van der Waals surface area (Å²) < 4.78 is 0.735. The van der Waals surface area contributed by atoms with Crippen LogP contribution in [-0.2, 0) is 17.8 Å². The molecule has 2 aliphatic rings. The number of carbonyl (C=O) groups excluding carboxylic acids is 2. The molecule has 2 heterocycles. The predicted molar refractivity (Wildman–Crippen MR) is 125 cm³/mol. The zero-order chi connectivity index (χ0) is 21.4. The SMILES string of the molecule is O=C(NC1CC1)c1ccc(CN(C(=O)Cc2csc(-c3ccc(Cl)s3)n2)C2CC2)cc1. The number of nitrogens with zero attached hydrogens (tertiary/aromatic N) is 2. The zero-order valence-corrected chi connectivity index (χ0v) is 19.2. The zero-order valence-electron chi connectivity index (χ0n) is 16.8. The van der Waals surface area contributed by atoms with E-state index in [-0.39, 0.29) is 11.8 Å². The fraction of sp³-hybridized carbons (Fsp3) is 0.348. The van der Waals surface area contributed by atoms with Gasteiger partial charge in [-0.05, 0) is 55.5 Å². The van der Waals surface area contributed by atoms with Gasteiger partial charge in [-0.1, -0.05) is 23.7 Å². The van der Waals surface area contributed by atoms with Crippen LogP contribution in [0.5, 0.6) is 0 Å². The summed E-state index contributed by atoms with van der Waals surface area (Å²) in [6, 6.07) is 12.1. The van der Waals surface area contributed by atoms with Gasteiger partial charge in [-0.15, -0.1) is 22.7 Å². The summed E-state index contributed by atoms with van der Waals surface area (Å²) in [4.78, 5) is 32.9. The van der Waals surface area contributed by atoms with Crippen LogP contribution >= 0.6 is 34.3 Å². The predicted octanol–water partition coefficient (Wildman–Crippen LogP) is 5.15. The first-order valence-electron chi connectivity index (χ1n) is 10.4. The quantitative estimate of drug-likeness (QED) is 0.494. The number of hydrogen-bond acceptors (Lipinski definition) is 5. The van der Waals surface area contributed by atoms with E-state index in [0.29, 0.717) is 30.6 Å². The lowest BCUT2D eigenvalue weighted by Gasteiger charge is -2.22. The van der Waals surface area contributed by atoms with Crippen LogP contribution in [0, 0.1) is 0 Å². The molecule has 0 radical (unpaired) electrons. The fourth-order valence-corrected chi connectivity index (χ4v) is 5.38. The first kappa shape index (κ1) is 20.7. The molecule has 1 N–H and O–H groups in total. The van der Waals surface area contributed by atoms with Gasteiger partial charge in [0.05, 0.1) is 21.3 Å². The number of hydrogen-bond donors (Lipinski definition) is 1. The van der Waals surface area contributed by atoms with E-state index in [1.807, 2.05) is 46.7 Å². The van der Waals surface area contributed by atoms with Gasteiger partial charge in [-0.2, -0.15) is 0 Å². The van der Waals surface area contributed by atoms with Crippen LogP contribution < -0.4 is 5.32 Å². The molecule has 8 heteroatoms. The van der Waals surface area contributed by atoms with Crippen molar-refractivity contribution in [3.63, 3.8) is 0 Å². The molecule has 2 saturated carbocycles. The highest BCUT2D eigenvalue weighted by Gasteiger charge is 2.33. The molecule has 2 aliphatic carbocycles.